The number of likely N-dealkylation sites (N-methyl/N-ethyl adjacent to an activating group) is 1. The SMILES string of the molecule is Cc1ccc(Nc2oc(C=C3C=Nc4ncccc43)c(O)c2C(=O)OCCN(C)C)c(F)c1. The Morgan fingerprint density at radius 2 is 2.15 bits per heavy atom. The van der Waals surface area contributed by atoms with Gasteiger partial charge < -0.3 is 24.5 Å². The van der Waals surface area contributed by atoms with Crippen LogP contribution in [0.1, 0.15) is 27.2 Å². The van der Waals surface area contributed by atoms with Crippen LogP contribution in [0.25, 0.3) is 11.6 Å². The van der Waals surface area contributed by atoms with E-state index in [1.165, 1.54) is 12.1 Å². The van der Waals surface area contributed by atoms with Gasteiger partial charge in [0.2, 0.25) is 5.88 Å². The molecule has 0 saturated heterocycles. The van der Waals surface area contributed by atoms with Crippen molar-refractivity contribution in [2.24, 2.45) is 4.99 Å². The normalized spacial score (nSPS) is 13.5. The standard InChI is InChI=1S/C24H23FN4O4/c1-14-6-7-18(17(25)11-14)28-23-20(24(31)32-10-9-29(2)3)21(30)19(33-23)12-15-13-27-22-16(15)5-4-8-26-22/h4-8,11-13,28,30H,9-10H2,1-3H3. The van der Waals surface area contributed by atoms with E-state index < -0.39 is 17.5 Å². The minimum Gasteiger partial charge on any atom is -0.504 e. The molecule has 0 amide bonds. The Morgan fingerprint density at radius 3 is 2.91 bits per heavy atom. The van der Waals surface area contributed by atoms with Crippen molar-refractivity contribution < 1.29 is 23.4 Å². The Bertz CT molecular complexity index is 1260. The van der Waals surface area contributed by atoms with E-state index in [9.17, 15) is 14.3 Å². The third-order valence-electron chi connectivity index (χ3n) is 4.97. The first-order chi connectivity index (χ1) is 15.8. The number of halogens is 1. The molecule has 33 heavy (non-hydrogen) atoms. The number of carbonyl (C=O) groups is 1. The van der Waals surface area contributed by atoms with E-state index in [0.29, 0.717) is 17.9 Å². The molecule has 2 N–H and O–H groups in total. The molecule has 8 nitrogen and oxygen atoms in total. The zero-order valence-corrected chi connectivity index (χ0v) is 18.4. The number of hydrogen-bond acceptors (Lipinski definition) is 8. The van der Waals surface area contributed by atoms with Crippen LogP contribution in [0, 0.1) is 12.7 Å². The number of carbonyl (C=O) groups excluding carboxylic acids is 1. The number of aliphatic imine (C=N–C) groups is 1. The molecule has 0 fully saturated rings. The molecule has 170 valence electrons. The summed E-state index contributed by atoms with van der Waals surface area (Å²) in [4.78, 5) is 23.1. The molecule has 3 aromatic rings. The topological polar surface area (TPSA) is 100 Å². The maximum absolute atomic E-state index is 14.4. The summed E-state index contributed by atoms with van der Waals surface area (Å²) in [5.41, 5.74) is 2.00. The second-order valence-electron chi connectivity index (χ2n) is 7.80. The second-order valence-corrected chi connectivity index (χ2v) is 7.80. The smallest absolute Gasteiger partial charge is 0.347 e. The number of allylic oxidation sites excluding steroid dienone is 1. The van der Waals surface area contributed by atoms with Crippen molar-refractivity contribution in [3.8, 4) is 5.75 Å². The first kappa shape index (κ1) is 22.2. The van der Waals surface area contributed by atoms with Crippen molar-refractivity contribution in [1.82, 2.24) is 9.88 Å². The first-order valence-corrected chi connectivity index (χ1v) is 10.3. The quantitative estimate of drug-likeness (QED) is 0.510. The number of pyridine rings is 1. The van der Waals surface area contributed by atoms with Gasteiger partial charge in [0.15, 0.2) is 22.9 Å². The number of furan rings is 1. The maximum Gasteiger partial charge on any atom is 0.347 e. The highest BCUT2D eigenvalue weighted by Crippen LogP contribution is 2.39. The van der Waals surface area contributed by atoms with Crippen LogP contribution in [-0.4, -0.2) is 54.4 Å². The minimum absolute atomic E-state index is 0.00253. The predicted molar refractivity (Wildman–Crippen MR) is 124 cm³/mol. The zero-order chi connectivity index (χ0) is 23.5. The molecular formula is C24H23FN4O4. The molecule has 3 heterocycles. The van der Waals surface area contributed by atoms with Gasteiger partial charge in [-0.25, -0.2) is 19.2 Å². The van der Waals surface area contributed by atoms with Crippen LogP contribution in [-0.2, 0) is 4.74 Å². The Balaban J connectivity index is 1.72. The molecule has 1 aliphatic heterocycles. The van der Waals surface area contributed by atoms with Gasteiger partial charge in [-0.2, -0.15) is 0 Å². The molecule has 0 aliphatic carbocycles. The number of nitrogens with zero attached hydrogens (tertiary/aromatic N) is 3. The predicted octanol–water partition coefficient (Wildman–Crippen LogP) is 4.55. The van der Waals surface area contributed by atoms with Crippen molar-refractivity contribution in [2.75, 3.05) is 32.6 Å². The number of hydrogen-bond donors (Lipinski definition) is 2. The summed E-state index contributed by atoms with van der Waals surface area (Å²) in [5, 5.41) is 13.6. The summed E-state index contributed by atoms with van der Waals surface area (Å²) >= 11 is 0. The minimum atomic E-state index is -0.792. The van der Waals surface area contributed by atoms with Gasteiger partial charge in [0.05, 0.1) is 5.69 Å². The third kappa shape index (κ3) is 4.78. The summed E-state index contributed by atoms with van der Waals surface area (Å²) in [6, 6.07) is 8.19. The van der Waals surface area contributed by atoms with Gasteiger partial charge in [-0.15, -0.1) is 0 Å². The second kappa shape index (κ2) is 9.25. The number of nitrogens with one attached hydrogen (secondary N) is 1. The van der Waals surface area contributed by atoms with Gasteiger partial charge in [-0.3, -0.25) is 0 Å². The molecule has 2 aromatic heterocycles. The van der Waals surface area contributed by atoms with Crippen LogP contribution in [0.2, 0.25) is 0 Å². The summed E-state index contributed by atoms with van der Waals surface area (Å²) in [7, 11) is 3.69. The van der Waals surface area contributed by atoms with Gasteiger partial charge in [-0.1, -0.05) is 6.07 Å². The van der Waals surface area contributed by atoms with Crippen LogP contribution < -0.4 is 5.32 Å². The van der Waals surface area contributed by atoms with Crippen molar-refractivity contribution in [1.29, 1.82) is 0 Å². The maximum atomic E-state index is 14.4. The fourth-order valence-corrected chi connectivity index (χ4v) is 3.23. The molecule has 0 bridgehead atoms. The number of fused-ring (bicyclic) bond motifs is 1. The van der Waals surface area contributed by atoms with E-state index in [0.717, 1.165) is 11.1 Å². The van der Waals surface area contributed by atoms with Gasteiger partial charge in [0, 0.05) is 30.1 Å². The Labute approximate surface area is 190 Å². The number of benzene rings is 1. The van der Waals surface area contributed by atoms with Crippen LogP contribution in [0.15, 0.2) is 45.9 Å². The van der Waals surface area contributed by atoms with E-state index in [2.05, 4.69) is 15.3 Å². The molecule has 4 rings (SSSR count). The highest BCUT2D eigenvalue weighted by molar-refractivity contribution is 6.21. The van der Waals surface area contributed by atoms with Gasteiger partial charge in [-0.05, 0) is 56.9 Å². The highest BCUT2D eigenvalue weighted by Gasteiger charge is 2.28. The summed E-state index contributed by atoms with van der Waals surface area (Å²) < 4.78 is 25.5. The van der Waals surface area contributed by atoms with E-state index in [4.69, 9.17) is 9.15 Å². The third-order valence-corrected chi connectivity index (χ3v) is 4.97. The van der Waals surface area contributed by atoms with E-state index in [1.54, 1.807) is 37.5 Å². The fourth-order valence-electron chi connectivity index (χ4n) is 3.23. The van der Waals surface area contributed by atoms with Crippen LogP contribution >= 0.6 is 0 Å². The molecule has 0 spiro atoms. The Morgan fingerprint density at radius 1 is 1.33 bits per heavy atom. The molecular weight excluding hydrogens is 427 g/mol. The lowest BCUT2D eigenvalue weighted by atomic mass is 10.1. The Kier molecular flexibility index (Phi) is 6.23. The molecule has 0 radical (unpaired) electrons. The lowest BCUT2D eigenvalue weighted by molar-refractivity contribution is 0.0479. The van der Waals surface area contributed by atoms with Gasteiger partial charge in [0.1, 0.15) is 12.4 Å². The molecule has 0 atom stereocenters. The van der Waals surface area contributed by atoms with Crippen LogP contribution in [0.3, 0.4) is 0 Å². The number of esters is 1. The molecule has 1 aromatic carbocycles. The number of aromatic nitrogens is 1. The lowest BCUT2D eigenvalue weighted by Crippen LogP contribution is -2.20. The number of aromatic hydroxyl groups is 1. The zero-order valence-electron chi connectivity index (χ0n) is 18.4. The molecule has 0 unspecified atom stereocenters. The largest absolute Gasteiger partial charge is 0.504 e. The Hall–Kier alpha value is -3.98. The molecule has 1 aliphatic rings. The molecule has 0 saturated carbocycles. The van der Waals surface area contributed by atoms with Crippen LogP contribution in [0.4, 0.5) is 21.8 Å². The van der Waals surface area contributed by atoms with Crippen molar-refractivity contribution in [3.05, 3.63) is 64.8 Å². The summed E-state index contributed by atoms with van der Waals surface area (Å²) in [6.45, 7) is 2.37. The number of rotatable bonds is 7. The van der Waals surface area contributed by atoms with Gasteiger partial charge in [0.25, 0.3) is 0 Å². The number of aryl methyl sites for hydroxylation is 1. The fraction of sp³-hybridized carbons (Fsp3) is 0.208. The summed E-state index contributed by atoms with van der Waals surface area (Å²) in [5.74, 6) is -1.32. The van der Waals surface area contributed by atoms with E-state index in [1.807, 2.05) is 25.1 Å². The van der Waals surface area contributed by atoms with E-state index >= 15 is 0 Å². The first-order valence-electron chi connectivity index (χ1n) is 10.3. The lowest BCUT2D eigenvalue weighted by Gasteiger charge is -2.11. The average Bonchev–Trinajstić information content (AvgIpc) is 3.31. The summed E-state index contributed by atoms with van der Waals surface area (Å²) in [6.07, 6.45) is 4.75. The highest BCUT2D eigenvalue weighted by atomic mass is 19.1. The van der Waals surface area contributed by atoms with Crippen molar-refractivity contribution in [3.63, 3.8) is 0 Å². The van der Waals surface area contributed by atoms with E-state index in [-0.39, 0.29) is 29.5 Å². The van der Waals surface area contributed by atoms with Gasteiger partial charge >= 0.3 is 5.97 Å². The number of anilines is 2. The molecule has 9 heteroatoms. The van der Waals surface area contributed by atoms with Crippen molar-refractivity contribution in [2.45, 2.75) is 6.92 Å². The van der Waals surface area contributed by atoms with Crippen molar-refractivity contribution >= 4 is 41.2 Å². The number of ether oxygens (including phenoxy) is 1. The van der Waals surface area contributed by atoms with Crippen LogP contribution in [0.5, 0.6) is 5.75 Å². The monoisotopic (exact) mass is 450 g/mol. The average molecular weight is 450 g/mol.